The molecular weight excluding hydrogens is 637 g/mol. The number of unbranched alkanes of at least 4 members (excludes halogenated alkanes) is 4. The van der Waals surface area contributed by atoms with Gasteiger partial charge in [-0.3, -0.25) is 4.79 Å². The van der Waals surface area contributed by atoms with E-state index in [0.717, 1.165) is 38.5 Å². The minimum absolute atomic E-state index is 0.00302. The molecule has 0 aliphatic carbocycles. The van der Waals surface area contributed by atoms with Crippen LogP contribution in [0, 0.1) is 0 Å². The third-order valence-corrected chi connectivity index (χ3v) is 25.7. The molecule has 2 heterocycles. The molecule has 278 valence electrons. The first kappa shape index (κ1) is 43.1. The zero-order valence-corrected chi connectivity index (χ0v) is 36.9. The Hall–Kier alpha value is -0.0394. The molecule has 0 aromatic rings. The van der Waals surface area contributed by atoms with E-state index in [1.165, 1.54) is 32.1 Å². The van der Waals surface area contributed by atoms with Crippen LogP contribution in [-0.2, 0) is 27.5 Å². The van der Waals surface area contributed by atoms with E-state index in [1.54, 1.807) is 0 Å². The molecule has 0 radical (unpaired) electrons. The molecule has 2 aliphatic rings. The van der Waals surface area contributed by atoms with Gasteiger partial charge in [0.1, 0.15) is 6.10 Å². The molecule has 0 N–H and O–H groups in total. The highest BCUT2D eigenvalue weighted by molar-refractivity contribution is 6.75. The fourth-order valence-corrected chi connectivity index (χ4v) is 10.3. The summed E-state index contributed by atoms with van der Waals surface area (Å²) >= 11 is 0. The van der Waals surface area contributed by atoms with Crippen LogP contribution in [0.15, 0.2) is 0 Å². The lowest BCUT2D eigenvalue weighted by Crippen LogP contribution is -2.50. The molecule has 2 bridgehead atoms. The van der Waals surface area contributed by atoms with Gasteiger partial charge in [0, 0.05) is 31.2 Å². The van der Waals surface area contributed by atoms with Gasteiger partial charge < -0.3 is 22.8 Å². The number of ether oxygens (including phenoxy) is 2. The van der Waals surface area contributed by atoms with Crippen molar-refractivity contribution in [3.8, 4) is 0 Å². The quantitative estimate of drug-likeness (QED) is 0.0800. The second-order valence-corrected chi connectivity index (χ2v) is 33.8. The molecule has 6 atom stereocenters. The van der Waals surface area contributed by atoms with Crippen LogP contribution >= 0.6 is 0 Å². The van der Waals surface area contributed by atoms with Gasteiger partial charge in [0.05, 0.1) is 18.6 Å². The van der Waals surface area contributed by atoms with Crippen molar-refractivity contribution in [3.63, 3.8) is 0 Å². The lowest BCUT2D eigenvalue weighted by molar-refractivity contribution is -0.186. The maximum atomic E-state index is 12.1. The molecule has 9 heteroatoms. The van der Waals surface area contributed by atoms with Gasteiger partial charge in [0.2, 0.25) is 0 Å². The van der Waals surface area contributed by atoms with Crippen LogP contribution in [0.3, 0.4) is 0 Å². The van der Waals surface area contributed by atoms with Crippen molar-refractivity contribution >= 4 is 30.9 Å². The number of hydrogen-bond acceptors (Lipinski definition) is 6. The van der Waals surface area contributed by atoms with Crippen LogP contribution < -0.4 is 0 Å². The summed E-state index contributed by atoms with van der Waals surface area (Å²) in [5.74, 6) is -0.121. The van der Waals surface area contributed by atoms with Crippen molar-refractivity contribution in [1.82, 2.24) is 0 Å². The van der Waals surface area contributed by atoms with Crippen molar-refractivity contribution in [2.75, 3.05) is 0 Å². The van der Waals surface area contributed by atoms with Crippen molar-refractivity contribution in [2.45, 2.75) is 237 Å². The summed E-state index contributed by atoms with van der Waals surface area (Å²) < 4.78 is 34.2. The number of hydrogen-bond donors (Lipinski definition) is 0. The average molecular weight is 715 g/mol. The van der Waals surface area contributed by atoms with Crippen LogP contribution in [0.4, 0.5) is 0 Å². The molecule has 0 unspecified atom stereocenters. The molecule has 0 spiro atoms. The Morgan fingerprint density at radius 3 is 1.62 bits per heavy atom. The first-order chi connectivity index (χ1) is 21.3. The van der Waals surface area contributed by atoms with E-state index >= 15 is 0 Å². The van der Waals surface area contributed by atoms with Crippen LogP contribution in [-0.4, -0.2) is 67.5 Å². The van der Waals surface area contributed by atoms with Gasteiger partial charge >= 0.3 is 5.97 Å². The summed E-state index contributed by atoms with van der Waals surface area (Å²) in [6.07, 6.45) is 12.1. The summed E-state index contributed by atoms with van der Waals surface area (Å²) in [6, 6.07) is 0. The smallest absolute Gasteiger partial charge is 0.308 e. The van der Waals surface area contributed by atoms with E-state index in [9.17, 15) is 4.79 Å². The fraction of sp³-hybridized carbons (Fsp3) is 0.974. The summed E-state index contributed by atoms with van der Waals surface area (Å²) in [6.45, 7) is 37.6. The fourth-order valence-electron chi connectivity index (χ4n) is 6.11. The Morgan fingerprint density at radius 2 is 1.13 bits per heavy atom. The molecule has 6 nitrogen and oxygen atoms in total. The number of rotatable bonds is 18. The highest BCUT2D eigenvalue weighted by atomic mass is 28.4. The van der Waals surface area contributed by atoms with Crippen molar-refractivity contribution in [3.05, 3.63) is 0 Å². The predicted molar refractivity (Wildman–Crippen MR) is 206 cm³/mol. The highest BCUT2D eigenvalue weighted by Gasteiger charge is 2.45. The van der Waals surface area contributed by atoms with Crippen molar-refractivity contribution in [1.29, 1.82) is 0 Å². The molecule has 0 saturated carbocycles. The maximum absolute atomic E-state index is 12.1. The largest absolute Gasteiger partial charge is 0.462 e. The maximum Gasteiger partial charge on any atom is 0.308 e. The molecule has 2 aliphatic heterocycles. The Morgan fingerprint density at radius 1 is 0.660 bits per heavy atom. The third-order valence-electron chi connectivity index (χ3n) is 12.1. The first-order valence-corrected chi connectivity index (χ1v) is 27.9. The minimum Gasteiger partial charge on any atom is -0.462 e. The third kappa shape index (κ3) is 13.6. The zero-order valence-electron chi connectivity index (χ0n) is 33.9. The van der Waals surface area contributed by atoms with E-state index in [-0.39, 0.29) is 57.7 Å². The van der Waals surface area contributed by atoms with Gasteiger partial charge in [-0.05, 0) is 80.1 Å². The Labute approximate surface area is 294 Å². The van der Waals surface area contributed by atoms with Crippen LogP contribution in [0.25, 0.3) is 0 Å². The summed E-state index contributed by atoms with van der Waals surface area (Å²) in [4.78, 5) is 12.1. The molecule has 0 amide bonds. The second-order valence-electron chi connectivity index (χ2n) is 19.6. The van der Waals surface area contributed by atoms with E-state index in [1.807, 2.05) is 0 Å². The van der Waals surface area contributed by atoms with Gasteiger partial charge in [-0.15, -0.1) is 0 Å². The Kier molecular flexibility index (Phi) is 15.6. The summed E-state index contributed by atoms with van der Waals surface area (Å²) in [5, 5.41) is 0.342. The summed E-state index contributed by atoms with van der Waals surface area (Å²) in [7, 11) is -6.19. The molecule has 2 rings (SSSR count). The van der Waals surface area contributed by atoms with E-state index < -0.39 is 25.0 Å². The molecule has 2 fully saturated rings. The topological polar surface area (TPSA) is 63.2 Å². The van der Waals surface area contributed by atoms with Crippen LogP contribution in [0.5, 0.6) is 0 Å². The normalized spacial score (nSPS) is 23.7. The van der Waals surface area contributed by atoms with E-state index in [0.29, 0.717) is 6.42 Å². The minimum atomic E-state index is -2.10. The Bertz CT molecular complexity index is 946. The SMILES string of the molecule is CCCCCCC[C@H](C[C@H](C[C@H](C[C@@H]1C[C@@H]2C[C@@H](CC(=O)O2)O1)O[Si](C)(C)C(C)(C)C)O[Si](C)(C)C(C)(C)C)O[Si](C)(C)C(C)(C)C. The van der Waals surface area contributed by atoms with Gasteiger partial charge in [0.25, 0.3) is 0 Å². The second kappa shape index (κ2) is 17.0. The van der Waals surface area contributed by atoms with Gasteiger partial charge in [-0.25, -0.2) is 0 Å². The first-order valence-electron chi connectivity index (χ1n) is 19.1. The van der Waals surface area contributed by atoms with Gasteiger partial charge in [-0.1, -0.05) is 101 Å². The zero-order chi connectivity index (χ0) is 36.1. The Balaban J connectivity index is 2.44. The van der Waals surface area contributed by atoms with Crippen LogP contribution in [0.1, 0.15) is 146 Å². The van der Waals surface area contributed by atoms with E-state index in [2.05, 4.69) is 109 Å². The monoisotopic (exact) mass is 715 g/mol. The van der Waals surface area contributed by atoms with Gasteiger partial charge in [0.15, 0.2) is 25.0 Å². The molecule has 47 heavy (non-hydrogen) atoms. The van der Waals surface area contributed by atoms with Gasteiger partial charge in [-0.2, -0.15) is 0 Å². The van der Waals surface area contributed by atoms with Crippen LogP contribution in [0.2, 0.25) is 54.4 Å². The van der Waals surface area contributed by atoms with E-state index in [4.69, 9.17) is 22.8 Å². The number of carbonyl (C=O) groups excluding carboxylic acids is 1. The molecule has 2 saturated heterocycles. The lowest BCUT2D eigenvalue weighted by atomic mass is 9.92. The molecule has 0 aromatic heterocycles. The summed E-state index contributed by atoms with van der Waals surface area (Å²) in [5.41, 5.74) is 0. The number of carbonyl (C=O) groups is 1. The van der Waals surface area contributed by atoms with Crippen molar-refractivity contribution in [2.24, 2.45) is 0 Å². The lowest BCUT2D eigenvalue weighted by Gasteiger charge is -2.45. The predicted octanol–water partition coefficient (Wildman–Crippen LogP) is 11.6. The highest BCUT2D eigenvalue weighted by Crippen LogP contribution is 2.43. The number of fused-ring (bicyclic) bond motifs is 2. The number of esters is 1. The molecular formula is C38H78O6Si3. The molecule has 0 aromatic carbocycles. The standard InChI is InChI=1S/C38H78O6Si3/c1-17-18-19-20-21-22-29(42-45(11,12)36(2,3)4)23-33(43-46(13,14)37(5,6)7)27-34(44-47(15,16)38(8,9)10)26-30-24-31-25-32(40-30)28-35(39)41-31/h29-34H,17-28H2,1-16H3/t29-,30+,31-,32+,33-,34+/m1/s1. The average Bonchev–Trinajstić information content (AvgIpc) is 2.85. The van der Waals surface area contributed by atoms with Crippen molar-refractivity contribution < 1.29 is 27.5 Å².